The molecule has 1 saturated heterocycles. The Labute approximate surface area is 154 Å². The number of rotatable bonds is 6. The molecule has 1 fully saturated rings. The molecule has 2 aromatic rings. The van der Waals surface area contributed by atoms with Gasteiger partial charge in [0.1, 0.15) is 11.3 Å². The number of para-hydroxylation sites is 1. The summed E-state index contributed by atoms with van der Waals surface area (Å²) in [5.41, 5.74) is 0.837. The van der Waals surface area contributed by atoms with E-state index >= 15 is 0 Å². The number of hydrogen-bond donors (Lipinski definition) is 2. The van der Waals surface area contributed by atoms with Crippen molar-refractivity contribution in [1.29, 1.82) is 0 Å². The maximum atomic E-state index is 12.3. The first-order valence-electron chi connectivity index (χ1n) is 9.39. The quantitative estimate of drug-likeness (QED) is 0.831. The molecule has 2 amide bonds. The lowest BCUT2D eigenvalue weighted by atomic mass is 10.0. The van der Waals surface area contributed by atoms with Gasteiger partial charge in [0.25, 0.3) is 0 Å². The summed E-state index contributed by atoms with van der Waals surface area (Å²) in [7, 11) is 0. The van der Waals surface area contributed by atoms with Gasteiger partial charge in [-0.25, -0.2) is 4.79 Å². The zero-order valence-electron chi connectivity index (χ0n) is 15.8. The van der Waals surface area contributed by atoms with Gasteiger partial charge >= 0.3 is 6.03 Å². The summed E-state index contributed by atoms with van der Waals surface area (Å²) in [5, 5.41) is 7.03. The van der Waals surface area contributed by atoms with Crippen molar-refractivity contribution in [3.8, 4) is 0 Å². The summed E-state index contributed by atoms with van der Waals surface area (Å²) in [5.74, 6) is 1.22. The Morgan fingerprint density at radius 1 is 1.19 bits per heavy atom. The normalized spacial score (nSPS) is 18.0. The van der Waals surface area contributed by atoms with Gasteiger partial charge in [-0.05, 0) is 25.0 Å². The van der Waals surface area contributed by atoms with E-state index in [2.05, 4.69) is 29.4 Å². The largest absolute Gasteiger partial charge is 0.459 e. The molecule has 2 N–H and O–H groups in total. The van der Waals surface area contributed by atoms with Crippen LogP contribution in [0.15, 0.2) is 34.7 Å². The number of carbonyl (C=O) groups is 1. The zero-order valence-corrected chi connectivity index (χ0v) is 15.8. The summed E-state index contributed by atoms with van der Waals surface area (Å²) in [6, 6.07) is 9.78. The topological polar surface area (TPSA) is 66.7 Å². The predicted octanol–water partition coefficient (Wildman–Crippen LogP) is 3.15. The van der Waals surface area contributed by atoms with Gasteiger partial charge in [-0.2, -0.15) is 0 Å². The molecule has 0 unspecified atom stereocenters. The van der Waals surface area contributed by atoms with Crippen molar-refractivity contribution >= 4 is 17.0 Å². The Morgan fingerprint density at radius 3 is 2.62 bits per heavy atom. The SMILES string of the molecule is CC(C)[C@H](CNC(=O)N[C@@H](C)c1cc2ccccc2o1)N1CCOCC1. The average Bonchev–Trinajstić information content (AvgIpc) is 3.07. The first kappa shape index (κ1) is 18.7. The number of carbonyl (C=O) groups excluding carboxylic acids is 1. The maximum Gasteiger partial charge on any atom is 0.315 e. The third-order valence-electron chi connectivity index (χ3n) is 4.97. The molecule has 6 nitrogen and oxygen atoms in total. The Balaban J connectivity index is 1.53. The van der Waals surface area contributed by atoms with E-state index in [9.17, 15) is 4.79 Å². The Hall–Kier alpha value is -2.05. The fourth-order valence-electron chi connectivity index (χ4n) is 3.43. The summed E-state index contributed by atoms with van der Waals surface area (Å²) in [4.78, 5) is 14.7. The van der Waals surface area contributed by atoms with Crippen LogP contribution in [-0.2, 0) is 4.74 Å². The third kappa shape index (κ3) is 4.56. The van der Waals surface area contributed by atoms with E-state index in [-0.39, 0.29) is 12.1 Å². The number of fused-ring (bicyclic) bond motifs is 1. The molecule has 0 spiro atoms. The number of furan rings is 1. The highest BCUT2D eigenvalue weighted by molar-refractivity contribution is 5.78. The van der Waals surface area contributed by atoms with Crippen molar-refractivity contribution in [2.75, 3.05) is 32.8 Å². The first-order valence-corrected chi connectivity index (χ1v) is 9.39. The van der Waals surface area contributed by atoms with Gasteiger partial charge < -0.3 is 19.8 Å². The highest BCUT2D eigenvalue weighted by Crippen LogP contribution is 2.23. The molecule has 6 heteroatoms. The second-order valence-corrected chi connectivity index (χ2v) is 7.22. The minimum Gasteiger partial charge on any atom is -0.459 e. The molecule has 0 saturated carbocycles. The maximum absolute atomic E-state index is 12.3. The van der Waals surface area contributed by atoms with Crippen molar-refractivity contribution in [3.05, 3.63) is 36.1 Å². The molecule has 1 aromatic carbocycles. The van der Waals surface area contributed by atoms with Gasteiger partial charge in [-0.15, -0.1) is 0 Å². The molecule has 1 aromatic heterocycles. The lowest BCUT2D eigenvalue weighted by Gasteiger charge is -2.37. The first-order chi connectivity index (χ1) is 12.5. The van der Waals surface area contributed by atoms with Crippen LogP contribution in [0, 0.1) is 5.92 Å². The van der Waals surface area contributed by atoms with Crippen LogP contribution in [0.1, 0.15) is 32.6 Å². The highest BCUT2D eigenvalue weighted by Gasteiger charge is 2.24. The summed E-state index contributed by atoms with van der Waals surface area (Å²) < 4.78 is 11.3. The Bertz CT molecular complexity index is 689. The van der Waals surface area contributed by atoms with E-state index in [1.165, 1.54) is 0 Å². The fourth-order valence-corrected chi connectivity index (χ4v) is 3.43. The van der Waals surface area contributed by atoms with Crippen LogP contribution in [0.25, 0.3) is 11.0 Å². The number of benzene rings is 1. The number of urea groups is 1. The average molecular weight is 359 g/mol. The van der Waals surface area contributed by atoms with E-state index in [0.717, 1.165) is 43.0 Å². The molecule has 26 heavy (non-hydrogen) atoms. The van der Waals surface area contributed by atoms with Crippen molar-refractivity contribution in [1.82, 2.24) is 15.5 Å². The Kier molecular flexibility index (Phi) is 6.16. The predicted molar refractivity (Wildman–Crippen MR) is 102 cm³/mol. The standard InChI is InChI=1S/C20H29N3O3/c1-14(2)17(23-8-10-25-11-9-23)13-21-20(24)22-15(3)19-12-16-6-4-5-7-18(16)26-19/h4-7,12,14-15,17H,8-11,13H2,1-3H3,(H2,21,22,24)/t15-,17-/m0/s1. The number of nitrogens with one attached hydrogen (secondary N) is 2. The number of nitrogens with zero attached hydrogens (tertiary/aromatic N) is 1. The highest BCUT2D eigenvalue weighted by atomic mass is 16.5. The molecule has 1 aliphatic rings. The lowest BCUT2D eigenvalue weighted by Crippen LogP contribution is -2.52. The van der Waals surface area contributed by atoms with E-state index in [1.807, 2.05) is 37.3 Å². The molecule has 2 atom stereocenters. The van der Waals surface area contributed by atoms with Crippen LogP contribution < -0.4 is 10.6 Å². The van der Waals surface area contributed by atoms with E-state index in [1.54, 1.807) is 0 Å². The third-order valence-corrected chi connectivity index (χ3v) is 4.97. The molecule has 142 valence electrons. The smallest absolute Gasteiger partial charge is 0.315 e. The van der Waals surface area contributed by atoms with Crippen molar-refractivity contribution in [2.45, 2.75) is 32.9 Å². The van der Waals surface area contributed by atoms with Crippen molar-refractivity contribution in [2.24, 2.45) is 5.92 Å². The van der Waals surface area contributed by atoms with E-state index in [4.69, 9.17) is 9.15 Å². The van der Waals surface area contributed by atoms with Gasteiger partial charge in [0.2, 0.25) is 0 Å². The number of hydrogen-bond acceptors (Lipinski definition) is 4. The van der Waals surface area contributed by atoms with Gasteiger partial charge in [0.15, 0.2) is 0 Å². The van der Waals surface area contributed by atoms with Gasteiger partial charge in [0.05, 0.1) is 19.3 Å². The van der Waals surface area contributed by atoms with E-state index in [0.29, 0.717) is 18.5 Å². The molecule has 2 heterocycles. The Morgan fingerprint density at radius 2 is 1.92 bits per heavy atom. The lowest BCUT2D eigenvalue weighted by molar-refractivity contribution is 0.00718. The van der Waals surface area contributed by atoms with Crippen LogP contribution in [0.3, 0.4) is 0 Å². The molecule has 0 radical (unpaired) electrons. The van der Waals surface area contributed by atoms with Crippen molar-refractivity contribution in [3.63, 3.8) is 0 Å². The zero-order chi connectivity index (χ0) is 18.5. The van der Waals surface area contributed by atoms with Crippen LogP contribution in [-0.4, -0.2) is 49.8 Å². The van der Waals surface area contributed by atoms with E-state index < -0.39 is 0 Å². The van der Waals surface area contributed by atoms with Crippen molar-refractivity contribution < 1.29 is 13.9 Å². The van der Waals surface area contributed by atoms with Crippen LogP contribution in [0.2, 0.25) is 0 Å². The summed E-state index contributed by atoms with van der Waals surface area (Å²) in [6.45, 7) is 10.3. The van der Waals surface area contributed by atoms with Crippen LogP contribution in [0.5, 0.6) is 0 Å². The monoisotopic (exact) mass is 359 g/mol. The summed E-state index contributed by atoms with van der Waals surface area (Å²) >= 11 is 0. The molecule has 0 bridgehead atoms. The minimum atomic E-state index is -0.191. The second-order valence-electron chi connectivity index (χ2n) is 7.22. The van der Waals surface area contributed by atoms with Gasteiger partial charge in [0, 0.05) is 31.1 Å². The number of morpholine rings is 1. The van der Waals surface area contributed by atoms with Crippen LogP contribution >= 0.6 is 0 Å². The number of ether oxygens (including phenoxy) is 1. The molecule has 1 aliphatic heterocycles. The molecule has 0 aliphatic carbocycles. The van der Waals surface area contributed by atoms with Gasteiger partial charge in [-0.3, -0.25) is 4.90 Å². The molecule has 3 rings (SSSR count). The number of amides is 2. The fraction of sp³-hybridized carbons (Fsp3) is 0.550. The second kappa shape index (κ2) is 8.56. The molecular weight excluding hydrogens is 330 g/mol. The van der Waals surface area contributed by atoms with Crippen LogP contribution in [0.4, 0.5) is 4.79 Å². The minimum absolute atomic E-state index is 0.170. The summed E-state index contributed by atoms with van der Waals surface area (Å²) in [6.07, 6.45) is 0. The van der Waals surface area contributed by atoms with Gasteiger partial charge in [-0.1, -0.05) is 32.0 Å². The molecular formula is C20H29N3O3.